The van der Waals surface area contributed by atoms with Gasteiger partial charge in [-0.15, -0.1) is 5.10 Å². The number of carbonyl (C=O) groups is 1. The van der Waals surface area contributed by atoms with Gasteiger partial charge in [0, 0.05) is 22.0 Å². The molecule has 3 aromatic rings. The van der Waals surface area contributed by atoms with Crippen molar-refractivity contribution in [3.8, 4) is 11.4 Å². The normalized spacial score (nSPS) is 13.1. The number of benzene rings is 2. The number of aryl methyl sites for hydroxylation is 1. The zero-order chi connectivity index (χ0) is 19.0. The van der Waals surface area contributed by atoms with Gasteiger partial charge in [0.25, 0.3) is 5.91 Å². The maximum absolute atomic E-state index is 12.7. The Morgan fingerprint density at radius 2 is 1.96 bits per heavy atom. The Morgan fingerprint density at radius 1 is 1.19 bits per heavy atom. The van der Waals surface area contributed by atoms with Crippen LogP contribution in [0.1, 0.15) is 12.5 Å². The first-order valence-electron chi connectivity index (χ1n) is 8.56. The lowest BCUT2D eigenvalue weighted by atomic mass is 10.1. The van der Waals surface area contributed by atoms with Gasteiger partial charge >= 0.3 is 0 Å². The van der Waals surface area contributed by atoms with E-state index >= 15 is 0 Å². The molecule has 6 nitrogen and oxygen atoms in total. The number of nitrogens with one attached hydrogen (secondary N) is 2. The molecule has 2 heterocycles. The van der Waals surface area contributed by atoms with Crippen LogP contribution in [0.25, 0.3) is 11.4 Å². The van der Waals surface area contributed by atoms with E-state index in [-0.39, 0.29) is 5.91 Å². The number of nitrogens with zero attached hydrogens (tertiary/aromatic N) is 3. The van der Waals surface area contributed by atoms with E-state index in [1.807, 2.05) is 56.3 Å². The van der Waals surface area contributed by atoms with Crippen LogP contribution < -0.4 is 10.6 Å². The summed E-state index contributed by atoms with van der Waals surface area (Å²) >= 11 is 6.14. The van der Waals surface area contributed by atoms with E-state index in [0.717, 1.165) is 16.8 Å². The van der Waals surface area contributed by atoms with E-state index in [1.54, 1.807) is 10.7 Å². The molecular formula is C20H18ClN5O. The first-order valence-corrected chi connectivity index (χ1v) is 8.93. The summed E-state index contributed by atoms with van der Waals surface area (Å²) in [5.74, 6) is 1.06. The van der Waals surface area contributed by atoms with E-state index in [9.17, 15) is 4.79 Å². The van der Waals surface area contributed by atoms with Gasteiger partial charge in [-0.05, 0) is 31.5 Å². The third kappa shape index (κ3) is 3.44. The van der Waals surface area contributed by atoms with E-state index < -0.39 is 0 Å². The quantitative estimate of drug-likeness (QED) is 0.713. The zero-order valence-electron chi connectivity index (χ0n) is 15.0. The van der Waals surface area contributed by atoms with Crippen molar-refractivity contribution in [2.45, 2.75) is 20.4 Å². The fourth-order valence-electron chi connectivity index (χ4n) is 2.89. The van der Waals surface area contributed by atoms with E-state index in [2.05, 4.69) is 20.7 Å². The molecule has 0 saturated carbocycles. The van der Waals surface area contributed by atoms with Gasteiger partial charge in [0.15, 0.2) is 5.82 Å². The van der Waals surface area contributed by atoms with Crippen molar-refractivity contribution in [3.05, 3.63) is 70.4 Å². The van der Waals surface area contributed by atoms with Gasteiger partial charge in [-0.1, -0.05) is 48.0 Å². The Morgan fingerprint density at radius 3 is 2.70 bits per heavy atom. The molecule has 1 aliphatic heterocycles. The summed E-state index contributed by atoms with van der Waals surface area (Å²) in [4.78, 5) is 17.3. The van der Waals surface area contributed by atoms with Crippen molar-refractivity contribution in [1.29, 1.82) is 0 Å². The molecule has 2 aromatic carbocycles. The Balaban J connectivity index is 1.56. The molecule has 1 amide bonds. The Labute approximate surface area is 161 Å². The number of anilines is 2. The minimum Gasteiger partial charge on any atom is -0.328 e. The van der Waals surface area contributed by atoms with Crippen LogP contribution in [0, 0.1) is 6.92 Å². The average Bonchev–Trinajstić information content (AvgIpc) is 3.07. The summed E-state index contributed by atoms with van der Waals surface area (Å²) in [6.45, 7) is 4.12. The molecule has 2 N–H and O–H groups in total. The molecule has 0 saturated heterocycles. The second-order valence-electron chi connectivity index (χ2n) is 6.43. The lowest BCUT2D eigenvalue weighted by molar-refractivity contribution is -0.113. The lowest BCUT2D eigenvalue weighted by Crippen LogP contribution is -2.26. The Bertz CT molecular complexity index is 1060. The number of hydrogen-bond donors (Lipinski definition) is 2. The molecule has 1 aromatic heterocycles. The largest absolute Gasteiger partial charge is 0.328 e. The number of aromatic nitrogens is 3. The topological polar surface area (TPSA) is 71.8 Å². The Hall–Kier alpha value is -3.12. The van der Waals surface area contributed by atoms with Gasteiger partial charge in [-0.25, -0.2) is 4.68 Å². The van der Waals surface area contributed by atoms with Crippen LogP contribution in [0.15, 0.2) is 59.8 Å². The molecule has 0 bridgehead atoms. The molecule has 27 heavy (non-hydrogen) atoms. The summed E-state index contributed by atoms with van der Waals surface area (Å²) in [6.07, 6.45) is 0. The smallest absolute Gasteiger partial charge is 0.255 e. The molecule has 0 radical (unpaired) electrons. The standard InChI is InChI=1S/C20H18ClN5O/c1-12-8-9-15(10-17(12)21)23-19(27)16-11-26-20(22-13(16)2)24-18(25-26)14-6-4-3-5-7-14/h3-10H,11H2,1-2H3,(H,23,27)(H,22,24,25). The SMILES string of the molecule is CC1=C(C(=O)Nc2ccc(C)c(Cl)c2)Cn2nc(-c3ccccc3)nc2N1. The molecule has 0 atom stereocenters. The highest BCUT2D eigenvalue weighted by atomic mass is 35.5. The van der Waals surface area contributed by atoms with Crippen LogP contribution in [0.3, 0.4) is 0 Å². The molecule has 136 valence electrons. The predicted molar refractivity (Wildman–Crippen MR) is 107 cm³/mol. The fraction of sp³-hybridized carbons (Fsp3) is 0.150. The van der Waals surface area contributed by atoms with E-state index in [1.165, 1.54) is 0 Å². The molecule has 1 aliphatic rings. The van der Waals surface area contributed by atoms with Crippen LogP contribution in [0.4, 0.5) is 11.6 Å². The van der Waals surface area contributed by atoms with Crippen molar-refractivity contribution >= 4 is 29.1 Å². The molecule has 0 unspecified atom stereocenters. The molecule has 0 fully saturated rings. The van der Waals surface area contributed by atoms with Gasteiger partial charge in [0.2, 0.25) is 5.95 Å². The molecule has 0 spiro atoms. The summed E-state index contributed by atoms with van der Waals surface area (Å²) in [7, 11) is 0. The van der Waals surface area contributed by atoms with Gasteiger partial charge < -0.3 is 10.6 Å². The van der Waals surface area contributed by atoms with Gasteiger partial charge in [-0.2, -0.15) is 4.98 Å². The zero-order valence-corrected chi connectivity index (χ0v) is 15.7. The van der Waals surface area contributed by atoms with Crippen molar-refractivity contribution in [1.82, 2.24) is 14.8 Å². The highest BCUT2D eigenvalue weighted by molar-refractivity contribution is 6.31. The molecule has 7 heteroatoms. The number of allylic oxidation sites excluding steroid dienone is 1. The third-order valence-electron chi connectivity index (χ3n) is 4.47. The first kappa shape index (κ1) is 17.3. The lowest BCUT2D eigenvalue weighted by Gasteiger charge is -2.19. The van der Waals surface area contributed by atoms with E-state index in [0.29, 0.717) is 34.6 Å². The highest BCUT2D eigenvalue weighted by Crippen LogP contribution is 2.25. The highest BCUT2D eigenvalue weighted by Gasteiger charge is 2.23. The van der Waals surface area contributed by atoms with Crippen LogP contribution in [-0.2, 0) is 11.3 Å². The number of carbonyl (C=O) groups excluding carboxylic acids is 1. The van der Waals surface area contributed by atoms with E-state index in [4.69, 9.17) is 11.6 Å². The number of fused-ring (bicyclic) bond motifs is 1. The average molecular weight is 380 g/mol. The summed E-state index contributed by atoms with van der Waals surface area (Å²) in [5, 5.41) is 11.2. The summed E-state index contributed by atoms with van der Waals surface area (Å²) in [6, 6.07) is 15.2. The van der Waals surface area contributed by atoms with Crippen molar-refractivity contribution in [3.63, 3.8) is 0 Å². The molecular weight excluding hydrogens is 362 g/mol. The Kier molecular flexibility index (Phi) is 4.41. The van der Waals surface area contributed by atoms with Crippen molar-refractivity contribution in [2.75, 3.05) is 10.6 Å². The van der Waals surface area contributed by atoms with Gasteiger partial charge in [0.1, 0.15) is 0 Å². The second-order valence-corrected chi connectivity index (χ2v) is 6.84. The van der Waals surface area contributed by atoms with Crippen LogP contribution in [0.2, 0.25) is 5.02 Å². The van der Waals surface area contributed by atoms with Crippen LogP contribution >= 0.6 is 11.6 Å². The summed E-state index contributed by atoms with van der Waals surface area (Å²) in [5.41, 5.74) is 3.91. The number of amides is 1. The fourth-order valence-corrected chi connectivity index (χ4v) is 3.07. The van der Waals surface area contributed by atoms with Crippen LogP contribution in [-0.4, -0.2) is 20.7 Å². The number of hydrogen-bond acceptors (Lipinski definition) is 4. The molecule has 0 aliphatic carbocycles. The van der Waals surface area contributed by atoms with Gasteiger partial charge in [-0.3, -0.25) is 4.79 Å². The maximum atomic E-state index is 12.7. The summed E-state index contributed by atoms with van der Waals surface area (Å²) < 4.78 is 1.70. The van der Waals surface area contributed by atoms with Crippen LogP contribution in [0.5, 0.6) is 0 Å². The first-order chi connectivity index (χ1) is 13.0. The van der Waals surface area contributed by atoms with Crippen molar-refractivity contribution < 1.29 is 4.79 Å². The molecule has 4 rings (SSSR count). The second kappa shape index (κ2) is 6.89. The number of rotatable bonds is 3. The predicted octanol–water partition coefficient (Wildman–Crippen LogP) is 4.25. The minimum atomic E-state index is -0.192. The van der Waals surface area contributed by atoms with Crippen molar-refractivity contribution in [2.24, 2.45) is 0 Å². The minimum absolute atomic E-state index is 0.192. The third-order valence-corrected chi connectivity index (χ3v) is 4.87. The van der Waals surface area contributed by atoms with Gasteiger partial charge in [0.05, 0.1) is 12.1 Å². The number of halogens is 1. The maximum Gasteiger partial charge on any atom is 0.255 e. The monoisotopic (exact) mass is 379 g/mol.